The summed E-state index contributed by atoms with van der Waals surface area (Å²) in [7, 11) is 0. The van der Waals surface area contributed by atoms with E-state index >= 15 is 0 Å². The first-order chi connectivity index (χ1) is 7.75. The minimum absolute atomic E-state index is 0.147. The van der Waals surface area contributed by atoms with Gasteiger partial charge in [-0.3, -0.25) is 0 Å². The Morgan fingerprint density at radius 2 is 2.38 bits per heavy atom. The highest BCUT2D eigenvalue weighted by Gasteiger charge is 2.15. The van der Waals surface area contributed by atoms with Crippen LogP contribution in [0, 0.1) is 0 Å². The zero-order valence-electron chi connectivity index (χ0n) is 8.99. The van der Waals surface area contributed by atoms with Crippen LogP contribution >= 0.6 is 11.6 Å². The van der Waals surface area contributed by atoms with Crippen LogP contribution in [0.5, 0.6) is 5.88 Å². The smallest absolute Gasteiger partial charge is 0.238 e. The van der Waals surface area contributed by atoms with Gasteiger partial charge in [0.25, 0.3) is 0 Å². The molecule has 4 nitrogen and oxygen atoms in total. The Balaban J connectivity index is 1.90. The lowest BCUT2D eigenvalue weighted by Crippen LogP contribution is -2.26. The van der Waals surface area contributed by atoms with Gasteiger partial charge in [-0.25, -0.2) is 0 Å². The van der Waals surface area contributed by atoms with Crippen molar-refractivity contribution in [1.29, 1.82) is 0 Å². The molecule has 0 aromatic carbocycles. The highest BCUT2D eigenvalue weighted by molar-refractivity contribution is 6.29. The van der Waals surface area contributed by atoms with Crippen LogP contribution in [0.25, 0.3) is 0 Å². The Bertz CT molecular complexity index is 354. The monoisotopic (exact) mass is 242 g/mol. The minimum atomic E-state index is 0.147. The molecule has 2 N–H and O–H groups in total. The molecule has 1 aromatic rings. The molecule has 1 atom stereocenters. The number of nitrogen functional groups attached to an aromatic ring is 1. The van der Waals surface area contributed by atoms with Crippen molar-refractivity contribution in [2.45, 2.75) is 25.4 Å². The van der Waals surface area contributed by atoms with Crippen LogP contribution < -0.4 is 10.5 Å². The fourth-order valence-electron chi connectivity index (χ4n) is 1.65. The average molecular weight is 243 g/mol. The predicted molar refractivity (Wildman–Crippen MR) is 62.7 cm³/mol. The number of anilines is 1. The molecule has 1 saturated heterocycles. The van der Waals surface area contributed by atoms with Gasteiger partial charge in [0.15, 0.2) is 0 Å². The van der Waals surface area contributed by atoms with Crippen molar-refractivity contribution in [2.24, 2.45) is 0 Å². The van der Waals surface area contributed by atoms with E-state index in [1.807, 2.05) is 0 Å². The van der Waals surface area contributed by atoms with Gasteiger partial charge in [0, 0.05) is 6.61 Å². The van der Waals surface area contributed by atoms with Gasteiger partial charge in [0.1, 0.15) is 11.8 Å². The van der Waals surface area contributed by atoms with Crippen LogP contribution in [-0.2, 0) is 4.74 Å². The molecule has 0 amide bonds. The van der Waals surface area contributed by atoms with E-state index in [-0.39, 0.29) is 6.10 Å². The molecule has 1 aliphatic rings. The molecule has 88 valence electrons. The highest BCUT2D eigenvalue weighted by Crippen LogP contribution is 2.22. The Hall–Kier alpha value is -1.00. The molecule has 0 aliphatic carbocycles. The third-order valence-electron chi connectivity index (χ3n) is 2.54. The first kappa shape index (κ1) is 11.5. The van der Waals surface area contributed by atoms with Gasteiger partial charge in [0.05, 0.1) is 11.8 Å². The molecule has 1 unspecified atom stereocenters. The van der Waals surface area contributed by atoms with Crippen molar-refractivity contribution in [2.75, 3.05) is 18.9 Å². The van der Waals surface area contributed by atoms with Gasteiger partial charge in [-0.05, 0) is 31.4 Å². The second-order valence-electron chi connectivity index (χ2n) is 3.83. The molecule has 5 heteroatoms. The molecule has 0 spiro atoms. The van der Waals surface area contributed by atoms with Crippen LogP contribution in [-0.4, -0.2) is 24.3 Å². The Morgan fingerprint density at radius 3 is 3.12 bits per heavy atom. The number of nitrogens with zero attached hydrogens (tertiary/aromatic N) is 1. The third kappa shape index (κ3) is 3.00. The largest absolute Gasteiger partial charge is 0.473 e. The van der Waals surface area contributed by atoms with Gasteiger partial charge in [-0.2, -0.15) is 4.98 Å². The third-order valence-corrected chi connectivity index (χ3v) is 2.75. The number of ether oxygens (including phenoxy) is 2. The minimum Gasteiger partial charge on any atom is -0.473 e. The lowest BCUT2D eigenvalue weighted by Gasteiger charge is -2.22. The Labute approximate surface area is 99.7 Å². The molecular weight excluding hydrogens is 228 g/mol. The molecular formula is C11H15ClN2O2. The first-order valence-electron chi connectivity index (χ1n) is 5.42. The van der Waals surface area contributed by atoms with E-state index < -0.39 is 0 Å². The number of halogens is 1. The summed E-state index contributed by atoms with van der Waals surface area (Å²) in [6, 6.07) is 3.33. The van der Waals surface area contributed by atoms with E-state index in [1.165, 1.54) is 6.42 Å². The summed E-state index contributed by atoms with van der Waals surface area (Å²) in [4.78, 5) is 4.02. The van der Waals surface area contributed by atoms with Crippen LogP contribution in [0.1, 0.15) is 19.3 Å². The second kappa shape index (κ2) is 5.37. The topological polar surface area (TPSA) is 57.4 Å². The maximum absolute atomic E-state index is 5.76. The number of rotatable bonds is 3. The van der Waals surface area contributed by atoms with Crippen LogP contribution in [0.15, 0.2) is 12.1 Å². The molecule has 0 radical (unpaired) electrons. The molecule has 1 fully saturated rings. The first-order valence-corrected chi connectivity index (χ1v) is 5.80. The number of hydrogen-bond donors (Lipinski definition) is 1. The van der Waals surface area contributed by atoms with Crippen molar-refractivity contribution in [1.82, 2.24) is 4.98 Å². The van der Waals surface area contributed by atoms with E-state index in [0.29, 0.717) is 23.3 Å². The molecule has 1 aliphatic heterocycles. The summed E-state index contributed by atoms with van der Waals surface area (Å²) in [5.41, 5.74) is 6.22. The maximum Gasteiger partial charge on any atom is 0.238 e. The van der Waals surface area contributed by atoms with E-state index in [9.17, 15) is 0 Å². The van der Waals surface area contributed by atoms with Crippen molar-refractivity contribution in [3.8, 4) is 5.88 Å². The SMILES string of the molecule is Nc1ccc(Cl)nc1OCC1CCCCO1. The molecule has 0 saturated carbocycles. The maximum atomic E-state index is 5.76. The van der Waals surface area contributed by atoms with Crippen molar-refractivity contribution < 1.29 is 9.47 Å². The lowest BCUT2D eigenvalue weighted by molar-refractivity contribution is -0.0117. The van der Waals surface area contributed by atoms with Crippen molar-refractivity contribution in [3.63, 3.8) is 0 Å². The normalized spacial score (nSPS) is 20.7. The van der Waals surface area contributed by atoms with Gasteiger partial charge in [-0.1, -0.05) is 11.6 Å². The van der Waals surface area contributed by atoms with Gasteiger partial charge < -0.3 is 15.2 Å². The summed E-state index contributed by atoms with van der Waals surface area (Å²) in [6.45, 7) is 1.30. The summed E-state index contributed by atoms with van der Waals surface area (Å²) in [5, 5.41) is 0.383. The summed E-state index contributed by atoms with van der Waals surface area (Å²) >= 11 is 5.76. The second-order valence-corrected chi connectivity index (χ2v) is 4.22. The summed E-state index contributed by atoms with van der Waals surface area (Å²) in [6.07, 6.45) is 3.50. The average Bonchev–Trinajstić information content (AvgIpc) is 2.32. The van der Waals surface area contributed by atoms with Crippen LogP contribution in [0.4, 0.5) is 5.69 Å². The Kier molecular flexibility index (Phi) is 3.85. The summed E-state index contributed by atoms with van der Waals surface area (Å²) < 4.78 is 11.1. The number of pyridine rings is 1. The fourth-order valence-corrected chi connectivity index (χ4v) is 1.79. The highest BCUT2D eigenvalue weighted by atomic mass is 35.5. The van der Waals surface area contributed by atoms with Crippen molar-refractivity contribution in [3.05, 3.63) is 17.3 Å². The number of nitrogens with two attached hydrogens (primary N) is 1. The molecule has 2 heterocycles. The van der Waals surface area contributed by atoms with Crippen molar-refractivity contribution >= 4 is 17.3 Å². The quantitative estimate of drug-likeness (QED) is 0.826. The predicted octanol–water partition coefficient (Wildman–Crippen LogP) is 2.27. The molecule has 2 rings (SSSR count). The van der Waals surface area contributed by atoms with Crippen LogP contribution in [0.2, 0.25) is 5.15 Å². The lowest BCUT2D eigenvalue weighted by atomic mass is 10.1. The van der Waals surface area contributed by atoms with Gasteiger partial charge in [0.2, 0.25) is 5.88 Å². The molecule has 1 aromatic heterocycles. The van der Waals surface area contributed by atoms with Gasteiger partial charge in [-0.15, -0.1) is 0 Å². The van der Waals surface area contributed by atoms with Gasteiger partial charge >= 0.3 is 0 Å². The van der Waals surface area contributed by atoms with E-state index in [2.05, 4.69) is 4.98 Å². The summed E-state index contributed by atoms with van der Waals surface area (Å²) in [5.74, 6) is 0.390. The zero-order valence-corrected chi connectivity index (χ0v) is 9.74. The number of aromatic nitrogens is 1. The van der Waals surface area contributed by atoms with E-state index in [0.717, 1.165) is 19.4 Å². The molecule has 0 bridgehead atoms. The van der Waals surface area contributed by atoms with E-state index in [4.69, 9.17) is 26.8 Å². The zero-order chi connectivity index (χ0) is 11.4. The fraction of sp³-hybridized carbons (Fsp3) is 0.545. The van der Waals surface area contributed by atoms with Crippen LogP contribution in [0.3, 0.4) is 0 Å². The number of hydrogen-bond acceptors (Lipinski definition) is 4. The molecule has 16 heavy (non-hydrogen) atoms. The standard InChI is InChI=1S/C11H15ClN2O2/c12-10-5-4-9(13)11(14-10)16-7-8-3-1-2-6-15-8/h4-5,8H,1-3,6-7,13H2. The Morgan fingerprint density at radius 1 is 1.50 bits per heavy atom. The van der Waals surface area contributed by atoms with E-state index in [1.54, 1.807) is 12.1 Å².